The number of halogens is 4. The molecule has 3 heterocycles. The first-order valence-electron chi connectivity index (χ1n) is 10.5. The second-order valence-electron chi connectivity index (χ2n) is 8.23. The van der Waals surface area contributed by atoms with Crippen LogP contribution in [-0.4, -0.2) is 44.9 Å². The Labute approximate surface area is 193 Å². The Kier molecular flexibility index (Phi) is 6.19. The number of nitrogens with two attached hydrogens (primary N) is 1. The average molecular weight is 502 g/mol. The molecule has 0 atom stereocenters. The monoisotopic (exact) mass is 502 g/mol. The van der Waals surface area contributed by atoms with Crippen LogP contribution in [-0.2, 0) is 15.9 Å². The normalized spacial score (nSPS) is 19.5. The zero-order valence-electron chi connectivity index (χ0n) is 17.9. The van der Waals surface area contributed by atoms with Crippen molar-refractivity contribution in [2.24, 2.45) is 5.14 Å². The van der Waals surface area contributed by atoms with E-state index in [-0.39, 0.29) is 60.3 Å². The van der Waals surface area contributed by atoms with Crippen LogP contribution < -0.4 is 20.1 Å². The number of hydrogen-bond donors (Lipinski definition) is 2. The minimum atomic E-state index is -4.04. The van der Waals surface area contributed by atoms with E-state index in [2.05, 4.69) is 10.3 Å². The zero-order chi connectivity index (χ0) is 24.7. The van der Waals surface area contributed by atoms with Gasteiger partial charge in [0.25, 0.3) is 11.8 Å². The summed E-state index contributed by atoms with van der Waals surface area (Å²) in [6.07, 6.45) is -1.40. The Morgan fingerprint density at radius 3 is 2.62 bits per heavy atom. The van der Waals surface area contributed by atoms with Crippen LogP contribution in [0, 0.1) is 0 Å². The lowest BCUT2D eigenvalue weighted by Gasteiger charge is -2.29. The predicted molar refractivity (Wildman–Crippen MR) is 115 cm³/mol. The van der Waals surface area contributed by atoms with Crippen LogP contribution in [0.1, 0.15) is 41.7 Å². The van der Waals surface area contributed by atoms with Crippen LogP contribution in [0.25, 0.3) is 0 Å². The van der Waals surface area contributed by atoms with Gasteiger partial charge < -0.3 is 15.0 Å². The first-order valence-corrected chi connectivity index (χ1v) is 12.0. The fraction of sp³-hybridized carbons (Fsp3) is 0.429. The molecule has 1 saturated heterocycles. The first kappa shape index (κ1) is 24.2. The van der Waals surface area contributed by atoms with Crippen LogP contribution in [0.15, 0.2) is 35.2 Å². The average Bonchev–Trinajstić information content (AvgIpc) is 2.93. The van der Waals surface area contributed by atoms with Gasteiger partial charge in [-0.15, -0.1) is 0 Å². The highest BCUT2D eigenvalue weighted by Crippen LogP contribution is 2.43. The van der Waals surface area contributed by atoms with Gasteiger partial charge in [0.15, 0.2) is 5.69 Å². The number of fused-ring (bicyclic) bond motifs is 1. The third-order valence-corrected chi connectivity index (χ3v) is 6.58. The van der Waals surface area contributed by atoms with Gasteiger partial charge in [-0.1, -0.05) is 6.07 Å². The molecule has 184 valence electrons. The quantitative estimate of drug-likeness (QED) is 0.619. The van der Waals surface area contributed by atoms with Gasteiger partial charge in [0.2, 0.25) is 15.9 Å². The Morgan fingerprint density at radius 2 is 1.88 bits per heavy atom. The number of rotatable bonds is 4. The van der Waals surface area contributed by atoms with Crippen molar-refractivity contribution in [3.8, 4) is 5.75 Å². The summed E-state index contributed by atoms with van der Waals surface area (Å²) in [5.41, 5.74) is -0.742. The van der Waals surface area contributed by atoms with Crippen LogP contribution in [0.4, 0.5) is 29.1 Å². The number of nitrogens with one attached hydrogen (secondary N) is 1. The van der Waals surface area contributed by atoms with E-state index in [1.807, 2.05) is 0 Å². The van der Waals surface area contributed by atoms with Crippen molar-refractivity contribution in [1.82, 2.24) is 4.98 Å². The SMILES string of the molecule is NS(=O)(=O)c1cccc(NC(=O)c2cc3c(nc2N2CCCC(F)(F)CC2)C(F)(F)CCO3)c1. The molecule has 0 unspecified atom stereocenters. The molecule has 0 aliphatic carbocycles. The zero-order valence-corrected chi connectivity index (χ0v) is 18.7. The third-order valence-electron chi connectivity index (χ3n) is 5.67. The van der Waals surface area contributed by atoms with Crippen molar-refractivity contribution in [2.75, 3.05) is 29.9 Å². The topological polar surface area (TPSA) is 115 Å². The molecule has 2 aliphatic rings. The molecule has 3 N–H and O–H groups in total. The van der Waals surface area contributed by atoms with Crippen LogP contribution in [0.3, 0.4) is 0 Å². The van der Waals surface area contributed by atoms with Crippen molar-refractivity contribution >= 4 is 27.4 Å². The fourth-order valence-electron chi connectivity index (χ4n) is 3.90. The summed E-state index contributed by atoms with van der Waals surface area (Å²) in [6.45, 7) is -0.379. The van der Waals surface area contributed by atoms with E-state index in [0.717, 1.165) is 12.1 Å². The summed E-state index contributed by atoms with van der Waals surface area (Å²) < 4.78 is 85.4. The maximum Gasteiger partial charge on any atom is 0.296 e. The summed E-state index contributed by atoms with van der Waals surface area (Å²) in [5.74, 6) is -7.46. The summed E-state index contributed by atoms with van der Waals surface area (Å²) >= 11 is 0. The maximum atomic E-state index is 14.5. The molecule has 13 heteroatoms. The number of sulfonamides is 1. The van der Waals surface area contributed by atoms with Gasteiger partial charge in [-0.3, -0.25) is 4.79 Å². The first-order chi connectivity index (χ1) is 15.9. The number of carbonyl (C=O) groups excluding carboxylic acids is 1. The van der Waals surface area contributed by atoms with Gasteiger partial charge in [-0.25, -0.2) is 27.3 Å². The number of hydrogen-bond acceptors (Lipinski definition) is 6. The van der Waals surface area contributed by atoms with Crippen molar-refractivity contribution in [1.29, 1.82) is 0 Å². The largest absolute Gasteiger partial charge is 0.491 e. The number of carbonyl (C=O) groups is 1. The second kappa shape index (κ2) is 8.69. The molecule has 0 saturated carbocycles. The minimum absolute atomic E-state index is 0.0776. The Balaban J connectivity index is 1.74. The highest BCUT2D eigenvalue weighted by Gasteiger charge is 2.42. The van der Waals surface area contributed by atoms with Gasteiger partial charge in [-0.2, -0.15) is 8.78 Å². The molecule has 34 heavy (non-hydrogen) atoms. The van der Waals surface area contributed by atoms with E-state index in [1.165, 1.54) is 23.1 Å². The number of nitrogens with zero attached hydrogens (tertiary/aromatic N) is 2. The number of benzene rings is 1. The smallest absolute Gasteiger partial charge is 0.296 e. The van der Waals surface area contributed by atoms with Gasteiger partial charge >= 0.3 is 0 Å². The van der Waals surface area contributed by atoms with E-state index in [1.54, 1.807) is 0 Å². The molecule has 2 aromatic rings. The minimum Gasteiger partial charge on any atom is -0.491 e. The van der Waals surface area contributed by atoms with Gasteiger partial charge in [-0.05, 0) is 30.7 Å². The molecule has 0 spiro atoms. The Bertz CT molecular complexity index is 1220. The van der Waals surface area contributed by atoms with E-state index >= 15 is 0 Å². The molecule has 0 radical (unpaired) electrons. The number of amides is 1. The molecule has 1 aromatic carbocycles. The highest BCUT2D eigenvalue weighted by atomic mass is 32.2. The Hall–Kier alpha value is -2.93. The van der Waals surface area contributed by atoms with Crippen molar-refractivity contribution in [2.45, 2.75) is 42.4 Å². The van der Waals surface area contributed by atoms with E-state index in [9.17, 15) is 30.8 Å². The molecular formula is C21H22F4N4O4S. The summed E-state index contributed by atoms with van der Waals surface area (Å²) in [5, 5.41) is 7.61. The van der Waals surface area contributed by atoms with Crippen LogP contribution >= 0.6 is 0 Å². The molecular weight excluding hydrogens is 480 g/mol. The fourth-order valence-corrected chi connectivity index (χ4v) is 4.46. The lowest BCUT2D eigenvalue weighted by Crippen LogP contribution is -2.32. The standard InChI is InChI=1S/C21H22F4N4O4S/c22-20(23)5-2-8-29(9-6-20)18-15(12-16-17(28-18)21(24,25)7-10-33-16)19(30)27-13-3-1-4-14(11-13)34(26,31)32/h1,3-4,11-12H,2,5-10H2,(H,27,30)(H2,26,31,32). The number of anilines is 2. The van der Waals surface area contributed by atoms with Crippen LogP contribution in [0.2, 0.25) is 0 Å². The van der Waals surface area contributed by atoms with E-state index < -0.39 is 46.3 Å². The van der Waals surface area contributed by atoms with Crippen molar-refractivity contribution < 1.29 is 35.5 Å². The maximum absolute atomic E-state index is 14.5. The summed E-state index contributed by atoms with van der Waals surface area (Å²) in [7, 11) is -4.04. The highest BCUT2D eigenvalue weighted by molar-refractivity contribution is 7.89. The van der Waals surface area contributed by atoms with Gasteiger partial charge in [0.05, 0.1) is 23.5 Å². The van der Waals surface area contributed by atoms with Crippen molar-refractivity contribution in [3.05, 3.63) is 41.6 Å². The third kappa shape index (κ3) is 5.09. The number of primary sulfonamides is 1. The lowest BCUT2D eigenvalue weighted by molar-refractivity contribution is -0.0450. The van der Waals surface area contributed by atoms with Gasteiger partial charge in [0, 0.05) is 31.6 Å². The summed E-state index contributed by atoms with van der Waals surface area (Å²) in [6, 6.07) is 6.27. The molecule has 1 fully saturated rings. The van der Waals surface area contributed by atoms with Gasteiger partial charge in [0.1, 0.15) is 11.6 Å². The molecule has 1 aromatic heterocycles. The van der Waals surface area contributed by atoms with E-state index in [4.69, 9.17) is 9.88 Å². The number of pyridine rings is 1. The van der Waals surface area contributed by atoms with Crippen molar-refractivity contribution in [3.63, 3.8) is 0 Å². The molecule has 4 rings (SSSR count). The molecule has 8 nitrogen and oxygen atoms in total. The molecule has 0 bridgehead atoms. The van der Waals surface area contributed by atoms with E-state index in [0.29, 0.717) is 0 Å². The summed E-state index contributed by atoms with van der Waals surface area (Å²) in [4.78, 5) is 18.3. The number of aromatic nitrogens is 1. The molecule has 1 amide bonds. The lowest BCUT2D eigenvalue weighted by atomic mass is 10.1. The predicted octanol–water partition coefficient (Wildman–Crippen LogP) is 3.48. The number of alkyl halides is 4. The molecule has 2 aliphatic heterocycles. The van der Waals surface area contributed by atoms with Crippen LogP contribution in [0.5, 0.6) is 5.75 Å². The number of ether oxygens (including phenoxy) is 1. The second-order valence-corrected chi connectivity index (χ2v) is 9.79. The Morgan fingerprint density at radius 1 is 1.12 bits per heavy atom.